The van der Waals surface area contributed by atoms with Crippen LogP contribution in [0.15, 0.2) is 11.2 Å². The molecule has 0 atom stereocenters. The van der Waals surface area contributed by atoms with Crippen molar-refractivity contribution in [1.29, 1.82) is 0 Å². The molecule has 1 saturated carbocycles. The summed E-state index contributed by atoms with van der Waals surface area (Å²) in [5, 5.41) is 0.776. The Bertz CT molecular complexity index is 461. The van der Waals surface area contributed by atoms with Gasteiger partial charge in [-0.05, 0) is 37.4 Å². The first-order valence-electron chi connectivity index (χ1n) is 7.64. The quantitative estimate of drug-likeness (QED) is 0.669. The first kappa shape index (κ1) is 14.0. The van der Waals surface area contributed by atoms with Gasteiger partial charge < -0.3 is 10.6 Å². The van der Waals surface area contributed by atoms with Gasteiger partial charge in [0.15, 0.2) is 5.16 Å². The molecule has 1 saturated heterocycles. The predicted molar refractivity (Wildman–Crippen MR) is 85.2 cm³/mol. The number of nitrogens with two attached hydrogens (primary N) is 1. The van der Waals surface area contributed by atoms with E-state index < -0.39 is 0 Å². The van der Waals surface area contributed by atoms with Gasteiger partial charge >= 0.3 is 0 Å². The van der Waals surface area contributed by atoms with E-state index in [9.17, 15) is 0 Å². The number of thioether (sulfide) groups is 1. The van der Waals surface area contributed by atoms with Crippen molar-refractivity contribution in [3.63, 3.8) is 0 Å². The lowest BCUT2D eigenvalue weighted by Gasteiger charge is -2.44. The van der Waals surface area contributed by atoms with E-state index >= 15 is 0 Å². The highest BCUT2D eigenvalue weighted by Crippen LogP contribution is 2.45. The minimum absolute atomic E-state index is 0.581. The van der Waals surface area contributed by atoms with E-state index in [-0.39, 0.29) is 0 Å². The molecule has 1 aromatic rings. The second-order valence-corrected chi connectivity index (χ2v) is 6.96. The predicted octanol–water partition coefficient (Wildman–Crippen LogP) is 3.33. The molecule has 110 valence electrons. The van der Waals surface area contributed by atoms with Crippen LogP contribution in [0.1, 0.15) is 44.9 Å². The largest absolute Gasteiger partial charge is 0.383 e. The van der Waals surface area contributed by atoms with Gasteiger partial charge in [-0.25, -0.2) is 9.97 Å². The van der Waals surface area contributed by atoms with Crippen LogP contribution in [0.4, 0.5) is 11.6 Å². The second-order valence-electron chi connectivity index (χ2n) is 6.19. The van der Waals surface area contributed by atoms with Gasteiger partial charge in [-0.3, -0.25) is 0 Å². The molecular formula is C15H24N4S. The lowest BCUT2D eigenvalue weighted by Crippen LogP contribution is -2.41. The van der Waals surface area contributed by atoms with Crippen LogP contribution in [0.25, 0.3) is 0 Å². The molecule has 4 nitrogen and oxygen atoms in total. The van der Waals surface area contributed by atoms with Crippen LogP contribution in [-0.4, -0.2) is 29.3 Å². The molecule has 2 N–H and O–H groups in total. The van der Waals surface area contributed by atoms with Crippen LogP contribution in [0.3, 0.4) is 0 Å². The van der Waals surface area contributed by atoms with Gasteiger partial charge in [-0.15, -0.1) is 0 Å². The van der Waals surface area contributed by atoms with Gasteiger partial charge in [0.2, 0.25) is 0 Å². The Balaban J connectivity index is 1.70. The number of piperidine rings is 1. The van der Waals surface area contributed by atoms with Crippen molar-refractivity contribution >= 4 is 23.4 Å². The van der Waals surface area contributed by atoms with Crippen molar-refractivity contribution in [1.82, 2.24) is 9.97 Å². The molecule has 0 amide bonds. The van der Waals surface area contributed by atoms with Crippen LogP contribution < -0.4 is 10.6 Å². The maximum atomic E-state index is 5.89. The number of nitrogens with zero attached hydrogens (tertiary/aromatic N) is 3. The van der Waals surface area contributed by atoms with E-state index in [1.165, 1.54) is 44.9 Å². The first-order valence-corrected chi connectivity index (χ1v) is 8.87. The van der Waals surface area contributed by atoms with Gasteiger partial charge in [0.1, 0.15) is 11.6 Å². The van der Waals surface area contributed by atoms with E-state index in [4.69, 9.17) is 5.73 Å². The summed E-state index contributed by atoms with van der Waals surface area (Å²) in [4.78, 5) is 11.2. The fourth-order valence-corrected chi connectivity index (χ4v) is 4.08. The molecule has 0 bridgehead atoms. The van der Waals surface area contributed by atoms with Gasteiger partial charge in [0.05, 0.1) is 0 Å². The topological polar surface area (TPSA) is 55.0 Å². The molecule has 1 aliphatic carbocycles. The summed E-state index contributed by atoms with van der Waals surface area (Å²) in [6.45, 7) is 2.23. The first-order chi connectivity index (χ1) is 9.71. The highest BCUT2D eigenvalue weighted by Gasteiger charge is 2.35. The summed E-state index contributed by atoms with van der Waals surface area (Å²) in [6, 6.07) is 1.92. The van der Waals surface area contributed by atoms with Crippen molar-refractivity contribution < 1.29 is 0 Å². The van der Waals surface area contributed by atoms with Gasteiger partial charge in [0.25, 0.3) is 0 Å². The molecule has 2 fully saturated rings. The Morgan fingerprint density at radius 2 is 1.80 bits per heavy atom. The third kappa shape index (κ3) is 2.87. The summed E-state index contributed by atoms with van der Waals surface area (Å²) >= 11 is 1.55. The van der Waals surface area contributed by atoms with Crippen LogP contribution in [-0.2, 0) is 0 Å². The third-order valence-corrected chi connectivity index (χ3v) is 5.50. The maximum absolute atomic E-state index is 5.89. The minimum Gasteiger partial charge on any atom is -0.383 e. The molecule has 0 unspecified atom stereocenters. The molecule has 5 heteroatoms. The fraction of sp³-hybridized carbons (Fsp3) is 0.733. The minimum atomic E-state index is 0.581. The average Bonchev–Trinajstić information content (AvgIpc) is 2.48. The Morgan fingerprint density at radius 3 is 2.45 bits per heavy atom. The normalized spacial score (nSPS) is 22.1. The standard InChI is InChI=1S/C15H24N4S/c1-20-14-17-12(16)11-13(18-14)19-9-7-15(8-10-19)5-3-2-4-6-15/h11H,2-10H2,1H3,(H2,16,17,18). The van der Waals surface area contributed by atoms with Crippen LogP contribution >= 0.6 is 11.8 Å². The number of nitrogen functional groups attached to an aromatic ring is 1. The molecule has 2 heterocycles. The smallest absolute Gasteiger partial charge is 0.191 e. The van der Waals surface area contributed by atoms with Gasteiger partial charge in [-0.2, -0.15) is 0 Å². The number of hydrogen-bond acceptors (Lipinski definition) is 5. The molecular weight excluding hydrogens is 268 g/mol. The van der Waals surface area contributed by atoms with Gasteiger partial charge in [-0.1, -0.05) is 31.0 Å². The van der Waals surface area contributed by atoms with E-state index in [0.717, 1.165) is 24.1 Å². The molecule has 1 aromatic heterocycles. The SMILES string of the molecule is CSc1nc(N)cc(N2CCC3(CCCCC3)CC2)n1. The average molecular weight is 292 g/mol. The Kier molecular flexibility index (Phi) is 4.06. The summed E-state index contributed by atoms with van der Waals surface area (Å²) in [5.41, 5.74) is 6.52. The van der Waals surface area contributed by atoms with Crippen molar-refractivity contribution in [3.8, 4) is 0 Å². The summed E-state index contributed by atoms with van der Waals surface area (Å²) in [5.74, 6) is 1.59. The lowest BCUT2D eigenvalue weighted by atomic mass is 9.68. The molecule has 1 aliphatic heterocycles. The van der Waals surface area contributed by atoms with Crippen LogP contribution in [0.5, 0.6) is 0 Å². The zero-order chi connectivity index (χ0) is 14.0. The molecule has 20 heavy (non-hydrogen) atoms. The van der Waals surface area contributed by atoms with Crippen molar-refractivity contribution in [2.45, 2.75) is 50.1 Å². The van der Waals surface area contributed by atoms with Crippen LogP contribution in [0, 0.1) is 5.41 Å². The van der Waals surface area contributed by atoms with E-state index in [1.807, 2.05) is 12.3 Å². The zero-order valence-corrected chi connectivity index (χ0v) is 13.1. The zero-order valence-electron chi connectivity index (χ0n) is 12.3. The summed E-state index contributed by atoms with van der Waals surface area (Å²) < 4.78 is 0. The second kappa shape index (κ2) is 5.80. The van der Waals surface area contributed by atoms with E-state index in [2.05, 4.69) is 14.9 Å². The summed E-state index contributed by atoms with van der Waals surface area (Å²) in [7, 11) is 0. The Hall–Kier alpha value is -0.970. The summed E-state index contributed by atoms with van der Waals surface area (Å²) in [6.07, 6.45) is 11.8. The number of aromatic nitrogens is 2. The fourth-order valence-electron chi connectivity index (χ4n) is 3.70. The van der Waals surface area contributed by atoms with Crippen LogP contribution in [0.2, 0.25) is 0 Å². The molecule has 0 radical (unpaired) electrons. The Morgan fingerprint density at radius 1 is 1.10 bits per heavy atom. The van der Waals surface area contributed by atoms with Crippen molar-refractivity contribution in [2.75, 3.05) is 30.0 Å². The molecule has 3 rings (SSSR count). The van der Waals surface area contributed by atoms with Crippen molar-refractivity contribution in [2.24, 2.45) is 5.41 Å². The molecule has 0 aromatic carbocycles. The van der Waals surface area contributed by atoms with Gasteiger partial charge in [0, 0.05) is 19.2 Å². The monoisotopic (exact) mass is 292 g/mol. The van der Waals surface area contributed by atoms with E-state index in [0.29, 0.717) is 11.2 Å². The lowest BCUT2D eigenvalue weighted by molar-refractivity contribution is 0.144. The molecule has 1 spiro atoms. The van der Waals surface area contributed by atoms with Crippen molar-refractivity contribution in [3.05, 3.63) is 6.07 Å². The number of anilines is 2. The highest BCUT2D eigenvalue weighted by atomic mass is 32.2. The number of hydrogen-bond donors (Lipinski definition) is 1. The number of rotatable bonds is 2. The highest BCUT2D eigenvalue weighted by molar-refractivity contribution is 7.98. The molecule has 2 aliphatic rings. The Labute approximate surface area is 125 Å². The maximum Gasteiger partial charge on any atom is 0.191 e. The van der Waals surface area contributed by atoms with E-state index in [1.54, 1.807) is 11.8 Å². The third-order valence-electron chi connectivity index (χ3n) is 4.96.